The van der Waals surface area contributed by atoms with Gasteiger partial charge in [0.2, 0.25) is 0 Å². The van der Waals surface area contributed by atoms with E-state index in [9.17, 15) is 0 Å². The van der Waals surface area contributed by atoms with Crippen molar-refractivity contribution in [2.45, 2.75) is 51.7 Å². The second kappa shape index (κ2) is 6.47. The van der Waals surface area contributed by atoms with E-state index in [1.165, 1.54) is 32.1 Å². The molecule has 3 nitrogen and oxygen atoms in total. The molecule has 1 heterocycles. The first-order valence-corrected chi connectivity index (χ1v) is 7.40. The fourth-order valence-corrected chi connectivity index (χ4v) is 3.50. The van der Waals surface area contributed by atoms with Crippen molar-refractivity contribution in [3.8, 4) is 0 Å². The Bertz CT molecular complexity index is 334. The highest BCUT2D eigenvalue weighted by atomic mass is 32.1. The van der Waals surface area contributed by atoms with Gasteiger partial charge in [0, 0.05) is 12.0 Å². The van der Waals surface area contributed by atoms with Gasteiger partial charge in [-0.15, -0.1) is 11.3 Å². The summed E-state index contributed by atoms with van der Waals surface area (Å²) in [5.41, 5.74) is 0.769. The van der Waals surface area contributed by atoms with Crippen LogP contribution in [-0.2, 0) is 11.3 Å². The van der Waals surface area contributed by atoms with Crippen LogP contribution in [-0.4, -0.2) is 16.7 Å². The van der Waals surface area contributed by atoms with Crippen molar-refractivity contribution < 1.29 is 9.84 Å². The van der Waals surface area contributed by atoms with Crippen molar-refractivity contribution in [1.82, 2.24) is 4.98 Å². The molecule has 1 aromatic rings. The molecule has 1 aliphatic carbocycles. The van der Waals surface area contributed by atoms with Gasteiger partial charge in [-0.1, -0.05) is 19.3 Å². The molecule has 1 aliphatic rings. The fourth-order valence-electron chi connectivity index (χ4n) is 2.55. The molecular weight excluding hydrogens is 234 g/mol. The molecule has 4 heteroatoms. The second-order valence-electron chi connectivity index (χ2n) is 4.61. The summed E-state index contributed by atoms with van der Waals surface area (Å²) in [4.78, 5) is 4.47. The number of aliphatic hydroxyl groups is 1. The van der Waals surface area contributed by atoms with Crippen LogP contribution in [0.3, 0.4) is 0 Å². The Hall–Kier alpha value is -0.450. The lowest BCUT2D eigenvalue weighted by Gasteiger charge is -2.28. The molecule has 1 aromatic heterocycles. The van der Waals surface area contributed by atoms with E-state index in [-0.39, 0.29) is 12.7 Å². The van der Waals surface area contributed by atoms with Gasteiger partial charge >= 0.3 is 0 Å². The maximum atomic E-state index is 9.08. The lowest BCUT2D eigenvalue weighted by atomic mass is 9.85. The van der Waals surface area contributed by atoms with Gasteiger partial charge in [-0.3, -0.25) is 0 Å². The summed E-state index contributed by atoms with van der Waals surface area (Å²) in [6.45, 7) is 2.80. The minimum atomic E-state index is 0.0278. The quantitative estimate of drug-likeness (QED) is 0.878. The van der Waals surface area contributed by atoms with Crippen LogP contribution >= 0.6 is 11.3 Å². The molecule has 1 atom stereocenters. The van der Waals surface area contributed by atoms with Gasteiger partial charge < -0.3 is 9.84 Å². The standard InChI is InChI=1S/C13H21NO2S/c1-2-16-12(10-6-4-3-5-7-10)13-14-11(8-15)9-17-13/h9-10,12,15H,2-8H2,1H3. The molecule has 1 unspecified atom stereocenters. The molecule has 0 spiro atoms. The molecule has 0 radical (unpaired) electrons. The van der Waals surface area contributed by atoms with Crippen LogP contribution in [0.4, 0.5) is 0 Å². The highest BCUT2D eigenvalue weighted by Crippen LogP contribution is 2.37. The van der Waals surface area contributed by atoms with Crippen LogP contribution in [0.1, 0.15) is 55.8 Å². The van der Waals surface area contributed by atoms with E-state index < -0.39 is 0 Å². The molecule has 96 valence electrons. The van der Waals surface area contributed by atoms with E-state index in [4.69, 9.17) is 9.84 Å². The Morgan fingerprint density at radius 1 is 1.47 bits per heavy atom. The lowest BCUT2D eigenvalue weighted by Crippen LogP contribution is -2.19. The smallest absolute Gasteiger partial charge is 0.122 e. The summed E-state index contributed by atoms with van der Waals surface area (Å²) < 4.78 is 5.89. The monoisotopic (exact) mass is 255 g/mol. The van der Waals surface area contributed by atoms with Crippen LogP contribution < -0.4 is 0 Å². The molecule has 0 aromatic carbocycles. The molecule has 0 saturated heterocycles. The molecule has 0 amide bonds. The first kappa shape index (κ1) is 13.0. The summed E-state index contributed by atoms with van der Waals surface area (Å²) in [6, 6.07) is 0. The number of ether oxygens (including phenoxy) is 1. The molecule has 0 aliphatic heterocycles. The summed E-state index contributed by atoms with van der Waals surface area (Å²) in [7, 11) is 0. The van der Waals surface area contributed by atoms with Gasteiger partial charge in [-0.25, -0.2) is 4.98 Å². The third-order valence-electron chi connectivity index (χ3n) is 3.40. The average molecular weight is 255 g/mol. The Kier molecular flexibility index (Phi) is 4.95. The number of thiazole rings is 1. The molecule has 0 bridgehead atoms. The first-order chi connectivity index (χ1) is 8.35. The molecule has 1 fully saturated rings. The molecule has 1 N–H and O–H groups in total. The minimum absolute atomic E-state index is 0.0278. The van der Waals surface area contributed by atoms with Gasteiger partial charge in [-0.2, -0.15) is 0 Å². The Morgan fingerprint density at radius 3 is 2.82 bits per heavy atom. The SMILES string of the molecule is CCOC(c1nc(CO)cs1)C1CCCCC1. The minimum Gasteiger partial charge on any atom is -0.390 e. The van der Waals surface area contributed by atoms with Gasteiger partial charge in [0.1, 0.15) is 11.1 Å². The fraction of sp³-hybridized carbons (Fsp3) is 0.769. The Labute approximate surface area is 107 Å². The van der Waals surface area contributed by atoms with Crippen molar-refractivity contribution >= 4 is 11.3 Å². The zero-order valence-corrected chi connectivity index (χ0v) is 11.2. The number of hydrogen-bond donors (Lipinski definition) is 1. The molecule has 1 saturated carbocycles. The predicted octanol–water partition coefficient (Wildman–Crippen LogP) is 3.29. The Morgan fingerprint density at radius 2 is 2.24 bits per heavy atom. The second-order valence-corrected chi connectivity index (χ2v) is 5.50. The van der Waals surface area contributed by atoms with Gasteiger partial charge in [0.25, 0.3) is 0 Å². The Balaban J connectivity index is 2.09. The van der Waals surface area contributed by atoms with Gasteiger partial charge in [0.05, 0.1) is 12.3 Å². The highest BCUT2D eigenvalue weighted by molar-refractivity contribution is 7.09. The van der Waals surface area contributed by atoms with Crippen LogP contribution in [0.5, 0.6) is 0 Å². The van der Waals surface area contributed by atoms with Crippen LogP contribution in [0, 0.1) is 5.92 Å². The number of nitrogens with zero attached hydrogens (tertiary/aromatic N) is 1. The predicted molar refractivity (Wildman–Crippen MR) is 69.0 cm³/mol. The average Bonchev–Trinajstić information content (AvgIpc) is 2.85. The summed E-state index contributed by atoms with van der Waals surface area (Å²) in [5.74, 6) is 0.612. The van der Waals surface area contributed by atoms with E-state index in [0.717, 1.165) is 17.3 Å². The van der Waals surface area contributed by atoms with E-state index in [2.05, 4.69) is 4.98 Å². The number of rotatable bonds is 5. The largest absolute Gasteiger partial charge is 0.390 e. The molecule has 17 heavy (non-hydrogen) atoms. The zero-order valence-electron chi connectivity index (χ0n) is 10.4. The van der Waals surface area contributed by atoms with Crippen molar-refractivity contribution in [3.05, 3.63) is 16.1 Å². The van der Waals surface area contributed by atoms with Gasteiger partial charge in [-0.05, 0) is 25.7 Å². The highest BCUT2D eigenvalue weighted by Gasteiger charge is 2.27. The third-order valence-corrected chi connectivity index (χ3v) is 4.35. The van der Waals surface area contributed by atoms with Crippen LogP contribution in [0.25, 0.3) is 0 Å². The summed E-state index contributed by atoms with van der Waals surface area (Å²) in [5, 5.41) is 12.1. The summed E-state index contributed by atoms with van der Waals surface area (Å²) in [6.07, 6.45) is 6.62. The molecular formula is C13H21NO2S. The number of aromatic nitrogens is 1. The maximum absolute atomic E-state index is 9.08. The normalized spacial score (nSPS) is 19.4. The molecule has 2 rings (SSSR count). The number of hydrogen-bond acceptors (Lipinski definition) is 4. The van der Waals surface area contributed by atoms with Crippen molar-refractivity contribution in [2.24, 2.45) is 5.92 Å². The summed E-state index contributed by atoms with van der Waals surface area (Å²) >= 11 is 1.62. The third kappa shape index (κ3) is 3.27. The van der Waals surface area contributed by atoms with E-state index in [1.807, 2.05) is 12.3 Å². The van der Waals surface area contributed by atoms with Crippen molar-refractivity contribution in [2.75, 3.05) is 6.61 Å². The van der Waals surface area contributed by atoms with Crippen LogP contribution in [0.2, 0.25) is 0 Å². The topological polar surface area (TPSA) is 42.4 Å². The van der Waals surface area contributed by atoms with E-state index >= 15 is 0 Å². The van der Waals surface area contributed by atoms with Crippen molar-refractivity contribution in [1.29, 1.82) is 0 Å². The van der Waals surface area contributed by atoms with Crippen LogP contribution in [0.15, 0.2) is 5.38 Å². The van der Waals surface area contributed by atoms with Crippen molar-refractivity contribution in [3.63, 3.8) is 0 Å². The lowest BCUT2D eigenvalue weighted by molar-refractivity contribution is 0.00534. The van der Waals surface area contributed by atoms with E-state index in [1.54, 1.807) is 11.3 Å². The zero-order chi connectivity index (χ0) is 12.1. The first-order valence-electron chi connectivity index (χ1n) is 6.52. The maximum Gasteiger partial charge on any atom is 0.122 e. The van der Waals surface area contributed by atoms with E-state index in [0.29, 0.717) is 5.92 Å². The van der Waals surface area contributed by atoms with Gasteiger partial charge in [0.15, 0.2) is 0 Å². The number of aliphatic hydroxyl groups excluding tert-OH is 1.